The van der Waals surface area contributed by atoms with Crippen LogP contribution in [0.3, 0.4) is 0 Å². The van der Waals surface area contributed by atoms with E-state index < -0.39 is 16.4 Å². The van der Waals surface area contributed by atoms with Gasteiger partial charge in [0.1, 0.15) is 0 Å². The molecule has 2 aromatic carbocycles. The zero-order valence-electron chi connectivity index (χ0n) is 12.0. The van der Waals surface area contributed by atoms with E-state index in [0.717, 1.165) is 18.1 Å². The van der Waals surface area contributed by atoms with Crippen molar-refractivity contribution in [2.24, 2.45) is 0 Å². The second kappa shape index (κ2) is 6.35. The fourth-order valence-electron chi connectivity index (χ4n) is 2.16. The molecule has 1 N–H and O–H groups in total. The molecule has 0 aromatic heterocycles. The smallest absolute Gasteiger partial charge is 0.306 e. The minimum absolute atomic E-state index is 0.0238. The number of nitrogens with one attached hydrogen (secondary N) is 1. The quantitative estimate of drug-likeness (QED) is 0.646. The van der Waals surface area contributed by atoms with Gasteiger partial charge in [0.25, 0.3) is 0 Å². The number of rotatable bonds is 5. The Kier molecular flexibility index (Phi) is 4.52. The Hall–Kier alpha value is -2.43. The van der Waals surface area contributed by atoms with Crippen LogP contribution in [0.2, 0.25) is 0 Å². The van der Waals surface area contributed by atoms with Crippen LogP contribution in [0.4, 0.5) is 15.8 Å². The van der Waals surface area contributed by atoms with Crippen LogP contribution in [0.25, 0.3) is 0 Å². The van der Waals surface area contributed by atoms with Crippen molar-refractivity contribution in [3.8, 4) is 0 Å². The van der Waals surface area contributed by atoms with Crippen molar-refractivity contribution in [2.75, 3.05) is 5.32 Å². The van der Waals surface area contributed by atoms with Crippen molar-refractivity contribution >= 4 is 11.4 Å². The van der Waals surface area contributed by atoms with Gasteiger partial charge in [-0.15, -0.1) is 0 Å². The standard InChI is InChI=1S/C16H17FN2O2/c1-3-15(12-6-4-11(2)5-7-12)18-13-8-9-14(17)16(10-13)19(20)21/h4-10,15,18H,3H2,1-2H3. The van der Waals surface area contributed by atoms with E-state index in [1.165, 1.54) is 17.7 Å². The van der Waals surface area contributed by atoms with Gasteiger partial charge in [0, 0.05) is 11.8 Å². The van der Waals surface area contributed by atoms with Crippen LogP contribution >= 0.6 is 0 Å². The molecule has 5 heteroatoms. The van der Waals surface area contributed by atoms with Gasteiger partial charge in [-0.05, 0) is 31.0 Å². The number of anilines is 1. The molecular formula is C16H17FN2O2. The van der Waals surface area contributed by atoms with E-state index in [1.807, 2.05) is 38.1 Å². The number of aryl methyl sites for hydroxylation is 1. The summed E-state index contributed by atoms with van der Waals surface area (Å²) in [5.74, 6) is -0.825. The maximum Gasteiger partial charge on any atom is 0.306 e. The summed E-state index contributed by atoms with van der Waals surface area (Å²) in [6.45, 7) is 4.04. The lowest BCUT2D eigenvalue weighted by molar-refractivity contribution is -0.387. The van der Waals surface area contributed by atoms with Gasteiger partial charge in [0.15, 0.2) is 0 Å². The molecule has 0 fully saturated rings. The topological polar surface area (TPSA) is 55.2 Å². The predicted octanol–water partition coefficient (Wildman–Crippen LogP) is 4.61. The molecule has 2 aromatic rings. The summed E-state index contributed by atoms with van der Waals surface area (Å²) in [6, 6.07) is 12.0. The zero-order valence-corrected chi connectivity index (χ0v) is 12.0. The third-order valence-electron chi connectivity index (χ3n) is 3.37. The monoisotopic (exact) mass is 288 g/mol. The number of hydrogen-bond acceptors (Lipinski definition) is 3. The summed E-state index contributed by atoms with van der Waals surface area (Å²) in [4.78, 5) is 10.1. The Labute approximate surface area is 122 Å². The third kappa shape index (κ3) is 3.56. The van der Waals surface area contributed by atoms with Crippen molar-refractivity contribution in [3.05, 3.63) is 69.5 Å². The highest BCUT2D eigenvalue weighted by Crippen LogP contribution is 2.27. The van der Waals surface area contributed by atoms with Crippen molar-refractivity contribution in [1.82, 2.24) is 0 Å². The van der Waals surface area contributed by atoms with E-state index in [4.69, 9.17) is 0 Å². The molecule has 0 radical (unpaired) electrons. The van der Waals surface area contributed by atoms with Crippen molar-refractivity contribution in [2.45, 2.75) is 26.3 Å². The molecule has 0 saturated carbocycles. The van der Waals surface area contributed by atoms with Gasteiger partial charge in [0.2, 0.25) is 5.82 Å². The SMILES string of the molecule is CCC(Nc1ccc(F)c([N+](=O)[O-])c1)c1ccc(C)cc1. The zero-order chi connectivity index (χ0) is 15.4. The molecular weight excluding hydrogens is 271 g/mol. The lowest BCUT2D eigenvalue weighted by Crippen LogP contribution is -2.10. The maximum atomic E-state index is 13.3. The molecule has 0 saturated heterocycles. The van der Waals surface area contributed by atoms with Gasteiger partial charge in [-0.25, -0.2) is 0 Å². The van der Waals surface area contributed by atoms with Crippen LogP contribution < -0.4 is 5.32 Å². The summed E-state index contributed by atoms with van der Waals surface area (Å²) in [5, 5.41) is 14.0. The minimum Gasteiger partial charge on any atom is -0.378 e. The van der Waals surface area contributed by atoms with Crippen LogP contribution in [0.15, 0.2) is 42.5 Å². The number of benzene rings is 2. The number of halogens is 1. The molecule has 0 spiro atoms. The molecule has 2 rings (SSSR count). The van der Waals surface area contributed by atoms with Gasteiger partial charge in [-0.3, -0.25) is 10.1 Å². The Morgan fingerprint density at radius 2 is 1.90 bits per heavy atom. The number of nitrogens with zero attached hydrogens (tertiary/aromatic N) is 1. The van der Waals surface area contributed by atoms with Gasteiger partial charge < -0.3 is 5.32 Å². The molecule has 21 heavy (non-hydrogen) atoms. The molecule has 1 atom stereocenters. The van der Waals surface area contributed by atoms with Crippen LogP contribution in [-0.4, -0.2) is 4.92 Å². The van der Waals surface area contributed by atoms with Crippen LogP contribution in [0.1, 0.15) is 30.5 Å². The number of hydrogen-bond donors (Lipinski definition) is 1. The first kappa shape index (κ1) is 15.0. The summed E-state index contributed by atoms with van der Waals surface area (Å²) in [6.07, 6.45) is 0.814. The Bertz CT molecular complexity index is 641. The minimum atomic E-state index is -0.825. The van der Waals surface area contributed by atoms with E-state index >= 15 is 0 Å². The van der Waals surface area contributed by atoms with Gasteiger partial charge in [0.05, 0.1) is 11.0 Å². The molecule has 0 heterocycles. The van der Waals surface area contributed by atoms with Gasteiger partial charge in [-0.2, -0.15) is 4.39 Å². The average Bonchev–Trinajstić information content (AvgIpc) is 2.47. The fraction of sp³-hybridized carbons (Fsp3) is 0.250. The van der Waals surface area contributed by atoms with Crippen molar-refractivity contribution in [3.63, 3.8) is 0 Å². The molecule has 0 aliphatic rings. The Morgan fingerprint density at radius 3 is 2.48 bits per heavy atom. The molecule has 0 aliphatic heterocycles. The van der Waals surface area contributed by atoms with Crippen molar-refractivity contribution < 1.29 is 9.31 Å². The van der Waals surface area contributed by atoms with E-state index in [9.17, 15) is 14.5 Å². The molecule has 0 amide bonds. The maximum absolute atomic E-state index is 13.3. The summed E-state index contributed by atoms with van der Waals surface area (Å²) in [5.41, 5.74) is 2.29. The number of nitro groups is 1. The largest absolute Gasteiger partial charge is 0.378 e. The Balaban J connectivity index is 2.24. The first-order valence-electron chi connectivity index (χ1n) is 6.78. The summed E-state index contributed by atoms with van der Waals surface area (Å²) >= 11 is 0. The van der Waals surface area contributed by atoms with Gasteiger partial charge >= 0.3 is 5.69 Å². The van der Waals surface area contributed by atoms with Crippen LogP contribution in [0.5, 0.6) is 0 Å². The highest BCUT2D eigenvalue weighted by atomic mass is 19.1. The highest BCUT2D eigenvalue weighted by molar-refractivity contribution is 5.53. The second-order valence-electron chi connectivity index (χ2n) is 4.94. The van der Waals surface area contributed by atoms with Crippen molar-refractivity contribution in [1.29, 1.82) is 0 Å². The van der Waals surface area contributed by atoms with Gasteiger partial charge in [-0.1, -0.05) is 36.8 Å². The first-order chi connectivity index (χ1) is 10.0. The van der Waals surface area contributed by atoms with E-state index in [1.54, 1.807) is 0 Å². The van der Waals surface area contributed by atoms with E-state index in [-0.39, 0.29) is 6.04 Å². The molecule has 1 unspecified atom stereocenters. The summed E-state index contributed by atoms with van der Waals surface area (Å²) in [7, 11) is 0. The number of nitro benzene ring substituents is 1. The molecule has 0 aliphatic carbocycles. The van der Waals surface area contributed by atoms with Crippen LogP contribution in [-0.2, 0) is 0 Å². The molecule has 110 valence electrons. The lowest BCUT2D eigenvalue weighted by atomic mass is 10.0. The first-order valence-corrected chi connectivity index (χ1v) is 6.78. The molecule has 4 nitrogen and oxygen atoms in total. The average molecular weight is 288 g/mol. The third-order valence-corrected chi connectivity index (χ3v) is 3.37. The lowest BCUT2D eigenvalue weighted by Gasteiger charge is -2.19. The Morgan fingerprint density at radius 1 is 1.24 bits per heavy atom. The van der Waals surface area contributed by atoms with E-state index in [2.05, 4.69) is 5.32 Å². The highest BCUT2D eigenvalue weighted by Gasteiger charge is 2.16. The predicted molar refractivity (Wildman–Crippen MR) is 80.9 cm³/mol. The molecule has 0 bridgehead atoms. The normalized spacial score (nSPS) is 12.0. The summed E-state index contributed by atoms with van der Waals surface area (Å²) < 4.78 is 13.3. The fourth-order valence-corrected chi connectivity index (χ4v) is 2.16. The second-order valence-corrected chi connectivity index (χ2v) is 4.94. The van der Waals surface area contributed by atoms with Crippen LogP contribution in [0, 0.1) is 22.9 Å². The van der Waals surface area contributed by atoms with E-state index in [0.29, 0.717) is 5.69 Å².